The summed E-state index contributed by atoms with van der Waals surface area (Å²) < 4.78 is 1.56. The molecular formula is C19H15Cl3N2O5. The molecule has 0 aliphatic heterocycles. The van der Waals surface area contributed by atoms with Crippen molar-refractivity contribution in [2.75, 3.05) is 6.61 Å². The van der Waals surface area contributed by atoms with Gasteiger partial charge in [-0.05, 0) is 30.3 Å². The van der Waals surface area contributed by atoms with E-state index in [1.807, 2.05) is 0 Å². The second-order valence-electron chi connectivity index (χ2n) is 6.36. The number of hydrogen-bond acceptors (Lipinski definition) is 4. The number of halogens is 3. The Labute approximate surface area is 180 Å². The molecule has 0 aliphatic carbocycles. The minimum Gasteiger partial charge on any atom is -0.478 e. The third-order valence-corrected chi connectivity index (χ3v) is 5.69. The van der Waals surface area contributed by atoms with Gasteiger partial charge in [0.15, 0.2) is 5.72 Å². The molecule has 0 aliphatic rings. The molecule has 0 spiro atoms. The van der Waals surface area contributed by atoms with Crippen molar-refractivity contribution in [2.24, 2.45) is 7.05 Å². The Morgan fingerprint density at radius 3 is 2.38 bits per heavy atom. The molecule has 3 aromatic rings. The Balaban J connectivity index is 2.00. The Bertz CT molecular complexity index is 1140. The lowest BCUT2D eigenvalue weighted by Crippen LogP contribution is -2.49. The predicted molar refractivity (Wildman–Crippen MR) is 110 cm³/mol. The molecule has 1 amide bonds. The van der Waals surface area contributed by atoms with Gasteiger partial charge in [-0.25, -0.2) is 4.79 Å². The monoisotopic (exact) mass is 456 g/mol. The van der Waals surface area contributed by atoms with Crippen LogP contribution in [0.5, 0.6) is 0 Å². The molecule has 0 bridgehead atoms. The van der Waals surface area contributed by atoms with Crippen LogP contribution in [0.25, 0.3) is 10.9 Å². The van der Waals surface area contributed by atoms with Crippen molar-refractivity contribution in [3.05, 3.63) is 68.3 Å². The number of nitrogens with zero attached hydrogens (tertiary/aromatic N) is 1. The molecule has 1 heterocycles. The fourth-order valence-electron chi connectivity index (χ4n) is 2.99. The number of aromatic nitrogens is 1. The topological polar surface area (TPSA) is 112 Å². The molecular weight excluding hydrogens is 443 g/mol. The van der Waals surface area contributed by atoms with Gasteiger partial charge in [-0.1, -0.05) is 40.9 Å². The number of amides is 1. The lowest BCUT2D eigenvalue weighted by Gasteiger charge is -2.28. The summed E-state index contributed by atoms with van der Waals surface area (Å²) in [6.45, 7) is -0.901. The smallest absolute Gasteiger partial charge is 0.335 e. The molecule has 0 saturated heterocycles. The van der Waals surface area contributed by atoms with Crippen LogP contribution >= 0.6 is 34.8 Å². The third-order valence-electron chi connectivity index (χ3n) is 4.56. The van der Waals surface area contributed by atoms with Crippen molar-refractivity contribution in [3.63, 3.8) is 0 Å². The van der Waals surface area contributed by atoms with Gasteiger partial charge in [0.25, 0.3) is 5.91 Å². The third kappa shape index (κ3) is 3.80. The number of carbonyl (C=O) groups is 2. The van der Waals surface area contributed by atoms with Crippen LogP contribution in [0.2, 0.25) is 15.1 Å². The number of aliphatic hydroxyl groups excluding tert-OH is 1. The first kappa shape index (κ1) is 21.4. The first-order valence-corrected chi connectivity index (χ1v) is 9.35. The van der Waals surface area contributed by atoms with Crippen molar-refractivity contribution < 1.29 is 24.9 Å². The minimum absolute atomic E-state index is 0.0557. The zero-order valence-electron chi connectivity index (χ0n) is 14.9. The van der Waals surface area contributed by atoms with Crippen LogP contribution in [0.4, 0.5) is 0 Å². The van der Waals surface area contributed by atoms with Crippen molar-refractivity contribution in [1.29, 1.82) is 0 Å². The SMILES string of the molecule is Cn1c(C(=O)N[C@@](O)(CO)c2ccc(C(=O)O)cc2Cl)cc2c(Cl)c(Cl)ccc21. The molecule has 1 atom stereocenters. The van der Waals surface area contributed by atoms with Crippen LogP contribution in [0, 0.1) is 0 Å². The number of aryl methyl sites for hydroxylation is 1. The van der Waals surface area contributed by atoms with E-state index in [0.717, 1.165) is 6.07 Å². The Hall–Kier alpha value is -2.29. The summed E-state index contributed by atoms with van der Waals surface area (Å²) in [5.41, 5.74) is -1.62. The molecule has 1 aromatic heterocycles. The maximum atomic E-state index is 12.8. The first-order chi connectivity index (χ1) is 13.6. The van der Waals surface area contributed by atoms with E-state index in [9.17, 15) is 19.8 Å². The molecule has 0 saturated carbocycles. The lowest BCUT2D eigenvalue weighted by atomic mass is 10.0. The molecule has 152 valence electrons. The summed E-state index contributed by atoms with van der Waals surface area (Å²) in [4.78, 5) is 23.9. The van der Waals surface area contributed by atoms with E-state index in [0.29, 0.717) is 15.9 Å². The van der Waals surface area contributed by atoms with E-state index >= 15 is 0 Å². The maximum absolute atomic E-state index is 12.8. The molecule has 2 aromatic carbocycles. The number of aromatic carboxylic acids is 1. The number of hydrogen-bond donors (Lipinski definition) is 4. The van der Waals surface area contributed by atoms with Crippen LogP contribution in [-0.2, 0) is 12.8 Å². The molecule has 0 unspecified atom stereocenters. The molecule has 7 nitrogen and oxygen atoms in total. The fourth-order valence-corrected chi connectivity index (χ4v) is 3.71. The van der Waals surface area contributed by atoms with E-state index in [1.54, 1.807) is 23.7 Å². The van der Waals surface area contributed by atoms with Crippen molar-refractivity contribution in [1.82, 2.24) is 9.88 Å². The second-order valence-corrected chi connectivity index (χ2v) is 7.55. The van der Waals surface area contributed by atoms with Gasteiger partial charge in [-0.3, -0.25) is 4.79 Å². The lowest BCUT2D eigenvalue weighted by molar-refractivity contribution is -0.0419. The zero-order valence-corrected chi connectivity index (χ0v) is 17.2. The van der Waals surface area contributed by atoms with Gasteiger partial charge in [0, 0.05) is 28.5 Å². The van der Waals surface area contributed by atoms with Crippen LogP contribution in [0.3, 0.4) is 0 Å². The van der Waals surface area contributed by atoms with E-state index in [2.05, 4.69) is 5.32 Å². The molecule has 3 rings (SSSR count). The Morgan fingerprint density at radius 2 is 1.79 bits per heavy atom. The quantitative estimate of drug-likeness (QED) is 0.439. The highest BCUT2D eigenvalue weighted by atomic mass is 35.5. The number of aliphatic hydroxyl groups is 2. The predicted octanol–water partition coefficient (Wildman–Crippen LogP) is 3.40. The number of benzene rings is 2. The van der Waals surface area contributed by atoms with E-state index in [-0.39, 0.29) is 26.9 Å². The number of fused-ring (bicyclic) bond motifs is 1. The Morgan fingerprint density at radius 1 is 1.10 bits per heavy atom. The molecule has 29 heavy (non-hydrogen) atoms. The van der Waals surface area contributed by atoms with E-state index in [4.69, 9.17) is 39.9 Å². The molecule has 10 heteroatoms. The summed E-state index contributed by atoms with van der Waals surface area (Å²) in [6.07, 6.45) is 0. The van der Waals surface area contributed by atoms with Gasteiger partial charge >= 0.3 is 5.97 Å². The molecule has 4 N–H and O–H groups in total. The van der Waals surface area contributed by atoms with Gasteiger partial charge in [0.2, 0.25) is 0 Å². The number of carboxylic acid groups (broad SMARTS) is 1. The van der Waals surface area contributed by atoms with Gasteiger partial charge in [-0.2, -0.15) is 0 Å². The summed E-state index contributed by atoms with van der Waals surface area (Å²) in [7, 11) is 1.63. The van der Waals surface area contributed by atoms with Crippen LogP contribution < -0.4 is 5.32 Å². The minimum atomic E-state index is -2.25. The number of carbonyl (C=O) groups excluding carboxylic acids is 1. The first-order valence-electron chi connectivity index (χ1n) is 8.21. The molecule has 0 fully saturated rings. The second kappa shape index (κ2) is 7.85. The van der Waals surface area contributed by atoms with Crippen molar-refractivity contribution in [2.45, 2.75) is 5.72 Å². The largest absolute Gasteiger partial charge is 0.478 e. The maximum Gasteiger partial charge on any atom is 0.335 e. The van der Waals surface area contributed by atoms with E-state index in [1.165, 1.54) is 18.2 Å². The van der Waals surface area contributed by atoms with Crippen LogP contribution in [0.1, 0.15) is 26.4 Å². The summed E-state index contributed by atoms with van der Waals surface area (Å²) in [6, 6.07) is 8.34. The van der Waals surface area contributed by atoms with Crippen LogP contribution in [-0.4, -0.2) is 38.4 Å². The number of carboxylic acids is 1. The normalized spacial score (nSPS) is 13.3. The van der Waals surface area contributed by atoms with Gasteiger partial charge in [0.05, 0.1) is 22.2 Å². The standard InChI is InChI=1S/C19H15Cl3N2O5/c1-24-14-5-4-12(20)16(22)10(14)7-15(24)17(26)23-19(29,8-25)11-3-2-9(18(27)28)6-13(11)21/h2-7,25,29H,8H2,1H3,(H,23,26)(H,27,28)/t19-/m1/s1. The van der Waals surface area contributed by atoms with Crippen LogP contribution in [0.15, 0.2) is 36.4 Å². The van der Waals surface area contributed by atoms with Gasteiger partial charge in [0.1, 0.15) is 5.69 Å². The fraction of sp³-hybridized carbons (Fsp3) is 0.158. The Kier molecular flexibility index (Phi) is 5.80. The zero-order chi connectivity index (χ0) is 21.5. The number of nitrogens with one attached hydrogen (secondary N) is 1. The average molecular weight is 458 g/mol. The summed E-state index contributed by atoms with van der Waals surface area (Å²) in [5, 5.41) is 33.0. The average Bonchev–Trinajstić information content (AvgIpc) is 3.01. The highest BCUT2D eigenvalue weighted by Gasteiger charge is 2.34. The van der Waals surface area contributed by atoms with Gasteiger partial charge in [-0.15, -0.1) is 0 Å². The molecule has 0 radical (unpaired) electrons. The van der Waals surface area contributed by atoms with Crippen molar-refractivity contribution in [3.8, 4) is 0 Å². The summed E-state index contributed by atoms with van der Waals surface area (Å²) in [5.74, 6) is -1.92. The van der Waals surface area contributed by atoms with E-state index < -0.39 is 24.2 Å². The number of rotatable bonds is 5. The highest BCUT2D eigenvalue weighted by Crippen LogP contribution is 2.33. The highest BCUT2D eigenvalue weighted by molar-refractivity contribution is 6.45. The van der Waals surface area contributed by atoms with Crippen molar-refractivity contribution >= 4 is 57.6 Å². The summed E-state index contributed by atoms with van der Waals surface area (Å²) >= 11 is 18.3. The van der Waals surface area contributed by atoms with Gasteiger partial charge < -0.3 is 25.2 Å².